The van der Waals surface area contributed by atoms with Crippen LogP contribution in [-0.4, -0.2) is 5.91 Å². The first-order valence-corrected chi connectivity index (χ1v) is 8.19. The van der Waals surface area contributed by atoms with E-state index in [2.05, 4.69) is 0 Å². The molecule has 0 aliphatic rings. The van der Waals surface area contributed by atoms with Gasteiger partial charge in [0.1, 0.15) is 23.8 Å². The van der Waals surface area contributed by atoms with E-state index in [1.54, 1.807) is 36.4 Å². The summed E-state index contributed by atoms with van der Waals surface area (Å²) >= 11 is 5.76. The molecule has 0 heterocycles. The summed E-state index contributed by atoms with van der Waals surface area (Å²) in [4.78, 5) is 11.2. The Balaban J connectivity index is 1.84. The summed E-state index contributed by atoms with van der Waals surface area (Å²) in [5, 5.41) is 0.285. The average Bonchev–Trinajstić information content (AvgIpc) is 2.61. The fourth-order valence-corrected chi connectivity index (χ4v) is 2.74. The van der Waals surface area contributed by atoms with E-state index in [0.717, 1.165) is 12.1 Å². The van der Waals surface area contributed by atoms with E-state index in [1.165, 1.54) is 6.07 Å². The van der Waals surface area contributed by atoms with Gasteiger partial charge in [0.25, 0.3) is 5.91 Å². The highest BCUT2D eigenvalue weighted by Gasteiger charge is 2.19. The van der Waals surface area contributed by atoms with Crippen molar-refractivity contribution < 1.29 is 22.7 Å². The third-order valence-electron chi connectivity index (χ3n) is 3.87. The normalized spacial score (nSPS) is 10.7. The van der Waals surface area contributed by atoms with Gasteiger partial charge in [0, 0.05) is 10.6 Å². The molecule has 0 fully saturated rings. The van der Waals surface area contributed by atoms with Crippen molar-refractivity contribution in [1.29, 1.82) is 0 Å². The molecule has 3 rings (SSSR count). The summed E-state index contributed by atoms with van der Waals surface area (Å²) in [6.45, 7) is -0.0796. The smallest absolute Gasteiger partial charge is 0.254 e. The summed E-state index contributed by atoms with van der Waals surface area (Å²) in [5.41, 5.74) is 5.68. The molecule has 0 spiro atoms. The maximum absolute atomic E-state index is 14.2. The average molecular weight is 392 g/mol. The minimum Gasteiger partial charge on any atom is -0.486 e. The van der Waals surface area contributed by atoms with Crippen molar-refractivity contribution in [3.8, 4) is 16.9 Å². The molecule has 0 aliphatic heterocycles. The van der Waals surface area contributed by atoms with Gasteiger partial charge in [-0.1, -0.05) is 29.8 Å². The molecule has 3 aromatic rings. The third kappa shape index (κ3) is 4.06. The van der Waals surface area contributed by atoms with E-state index in [4.69, 9.17) is 22.1 Å². The van der Waals surface area contributed by atoms with Crippen molar-refractivity contribution in [3.63, 3.8) is 0 Å². The van der Waals surface area contributed by atoms with Crippen LogP contribution >= 0.6 is 11.6 Å². The van der Waals surface area contributed by atoms with Crippen LogP contribution in [0.2, 0.25) is 5.02 Å². The molecule has 3 nitrogen and oxygen atoms in total. The highest BCUT2D eigenvalue weighted by atomic mass is 35.5. The zero-order valence-corrected chi connectivity index (χ0v) is 14.6. The van der Waals surface area contributed by atoms with Gasteiger partial charge in [-0.25, -0.2) is 13.2 Å². The second kappa shape index (κ2) is 7.72. The molecule has 2 N–H and O–H groups in total. The van der Waals surface area contributed by atoms with Gasteiger partial charge in [0.05, 0.1) is 0 Å². The Morgan fingerprint density at radius 1 is 1.00 bits per heavy atom. The summed E-state index contributed by atoms with van der Waals surface area (Å²) < 4.78 is 47.1. The van der Waals surface area contributed by atoms with Gasteiger partial charge < -0.3 is 10.5 Å². The van der Waals surface area contributed by atoms with Crippen LogP contribution in [0.3, 0.4) is 0 Å². The fourth-order valence-electron chi connectivity index (χ4n) is 2.58. The summed E-state index contributed by atoms with van der Waals surface area (Å²) in [5.74, 6) is -4.24. The third-order valence-corrected chi connectivity index (χ3v) is 4.10. The number of primary amides is 1. The molecule has 0 radical (unpaired) electrons. The number of halogens is 4. The topological polar surface area (TPSA) is 52.3 Å². The molecule has 0 bridgehead atoms. The van der Waals surface area contributed by atoms with Gasteiger partial charge in [-0.3, -0.25) is 4.79 Å². The predicted octanol–water partition coefficient (Wildman–Crippen LogP) is 5.10. The van der Waals surface area contributed by atoms with Crippen molar-refractivity contribution in [2.45, 2.75) is 6.61 Å². The Hall–Kier alpha value is -2.99. The first kappa shape index (κ1) is 18.8. The predicted molar refractivity (Wildman–Crippen MR) is 96.1 cm³/mol. The van der Waals surface area contributed by atoms with Crippen molar-refractivity contribution in [1.82, 2.24) is 0 Å². The van der Waals surface area contributed by atoms with Gasteiger partial charge in [-0.15, -0.1) is 0 Å². The van der Waals surface area contributed by atoms with Crippen molar-refractivity contribution in [2.24, 2.45) is 5.73 Å². The molecule has 1 amide bonds. The summed E-state index contributed by atoms with van der Waals surface area (Å²) in [7, 11) is 0. The van der Waals surface area contributed by atoms with Crippen molar-refractivity contribution in [2.75, 3.05) is 0 Å². The van der Waals surface area contributed by atoms with E-state index >= 15 is 0 Å². The molecule has 0 saturated heterocycles. The molecule has 138 valence electrons. The Kier molecular flexibility index (Phi) is 5.37. The molecule has 0 saturated carbocycles. The molecule has 27 heavy (non-hydrogen) atoms. The van der Waals surface area contributed by atoms with E-state index in [-0.39, 0.29) is 17.4 Å². The maximum atomic E-state index is 14.2. The molecular weight excluding hydrogens is 379 g/mol. The van der Waals surface area contributed by atoms with Gasteiger partial charge >= 0.3 is 0 Å². The number of hydrogen-bond donors (Lipinski definition) is 1. The zero-order chi connectivity index (χ0) is 19.6. The lowest BCUT2D eigenvalue weighted by atomic mass is 10.0. The highest BCUT2D eigenvalue weighted by molar-refractivity contribution is 6.30. The molecular formula is C20H13ClF3NO2. The SMILES string of the molecule is NC(=O)c1c(F)ccc(OCc2cccc(-c3ccc(Cl)cc3F)c2)c1F. The number of rotatable bonds is 5. The monoisotopic (exact) mass is 391 g/mol. The Morgan fingerprint density at radius 3 is 2.48 bits per heavy atom. The van der Waals surface area contributed by atoms with Crippen LogP contribution in [0.5, 0.6) is 5.75 Å². The second-order valence-corrected chi connectivity index (χ2v) is 6.15. The molecule has 0 aromatic heterocycles. The van der Waals surface area contributed by atoms with Gasteiger partial charge in [-0.05, 0) is 47.5 Å². The lowest BCUT2D eigenvalue weighted by molar-refractivity contribution is 0.0991. The van der Waals surface area contributed by atoms with E-state index < -0.39 is 28.9 Å². The number of carbonyl (C=O) groups excluding carboxylic acids is 1. The van der Waals surface area contributed by atoms with Crippen LogP contribution in [0, 0.1) is 17.5 Å². The second-order valence-electron chi connectivity index (χ2n) is 5.71. The summed E-state index contributed by atoms with van der Waals surface area (Å²) in [6, 6.07) is 13.1. The van der Waals surface area contributed by atoms with Crippen LogP contribution in [0.15, 0.2) is 54.6 Å². The lowest BCUT2D eigenvalue weighted by Crippen LogP contribution is -2.16. The zero-order valence-electron chi connectivity index (χ0n) is 13.8. The largest absolute Gasteiger partial charge is 0.486 e. The van der Waals surface area contributed by atoms with Crippen molar-refractivity contribution >= 4 is 17.5 Å². The van der Waals surface area contributed by atoms with Crippen LogP contribution in [0.4, 0.5) is 13.2 Å². The Labute approximate surface area is 158 Å². The number of hydrogen-bond acceptors (Lipinski definition) is 2. The maximum Gasteiger partial charge on any atom is 0.254 e. The van der Waals surface area contributed by atoms with Crippen LogP contribution < -0.4 is 10.5 Å². The van der Waals surface area contributed by atoms with Crippen LogP contribution in [-0.2, 0) is 6.61 Å². The Bertz CT molecular complexity index is 1020. The standard InChI is InChI=1S/C20H13ClF3NO2/c21-13-4-5-14(16(23)9-13)12-3-1-2-11(8-12)10-27-17-7-6-15(22)18(19(17)24)20(25)26/h1-9H,10H2,(H2,25,26). The van der Waals surface area contributed by atoms with Gasteiger partial charge in [0.15, 0.2) is 11.6 Å². The number of ether oxygens (including phenoxy) is 1. The van der Waals surface area contributed by atoms with Gasteiger partial charge in [0.2, 0.25) is 0 Å². The molecule has 0 unspecified atom stereocenters. The minimum absolute atomic E-state index is 0.0796. The number of benzene rings is 3. The van der Waals surface area contributed by atoms with E-state index in [9.17, 15) is 18.0 Å². The lowest BCUT2D eigenvalue weighted by Gasteiger charge is -2.11. The first-order chi connectivity index (χ1) is 12.9. The highest BCUT2D eigenvalue weighted by Crippen LogP contribution is 2.27. The fraction of sp³-hybridized carbons (Fsp3) is 0.0500. The molecule has 0 aliphatic carbocycles. The number of nitrogens with two attached hydrogens (primary N) is 1. The van der Waals surface area contributed by atoms with Crippen LogP contribution in [0.25, 0.3) is 11.1 Å². The Morgan fingerprint density at radius 2 is 1.78 bits per heavy atom. The van der Waals surface area contributed by atoms with Crippen molar-refractivity contribution in [3.05, 3.63) is 88.2 Å². The first-order valence-electron chi connectivity index (χ1n) is 7.82. The number of amides is 1. The minimum atomic E-state index is -1.23. The molecule has 7 heteroatoms. The number of carbonyl (C=O) groups is 1. The molecule has 3 aromatic carbocycles. The van der Waals surface area contributed by atoms with E-state index in [1.807, 2.05) is 0 Å². The van der Waals surface area contributed by atoms with Crippen LogP contribution in [0.1, 0.15) is 15.9 Å². The molecule has 0 atom stereocenters. The van der Waals surface area contributed by atoms with E-state index in [0.29, 0.717) is 16.7 Å². The quantitative estimate of drug-likeness (QED) is 0.657. The van der Waals surface area contributed by atoms with Gasteiger partial charge in [-0.2, -0.15) is 0 Å². The summed E-state index contributed by atoms with van der Waals surface area (Å²) in [6.07, 6.45) is 0.